The lowest BCUT2D eigenvalue weighted by atomic mass is 9.96. The fraction of sp³-hybridized carbons (Fsp3) is 0. The third-order valence-corrected chi connectivity index (χ3v) is 4.40. The van der Waals surface area contributed by atoms with Gasteiger partial charge in [0.15, 0.2) is 0 Å². The predicted molar refractivity (Wildman–Crippen MR) is 99.6 cm³/mol. The Morgan fingerprint density at radius 2 is 1.24 bits per heavy atom. The number of benzene rings is 4. The van der Waals surface area contributed by atoms with Gasteiger partial charge < -0.3 is 0 Å². The van der Waals surface area contributed by atoms with E-state index in [4.69, 9.17) is 0 Å². The number of hydrogen-bond acceptors (Lipinski definition) is 3. The zero-order valence-electron chi connectivity index (χ0n) is 13.4. The molecule has 0 N–H and O–H groups in total. The van der Waals surface area contributed by atoms with Crippen LogP contribution in [0.5, 0.6) is 0 Å². The Kier molecular flexibility index (Phi) is 3.07. The van der Waals surface area contributed by atoms with Crippen LogP contribution >= 0.6 is 0 Å². The monoisotopic (exact) mass is 322 g/mol. The van der Waals surface area contributed by atoms with E-state index in [2.05, 4.69) is 57.9 Å². The summed E-state index contributed by atoms with van der Waals surface area (Å²) in [4.78, 5) is 1.58. The summed E-state index contributed by atoms with van der Waals surface area (Å²) in [5.41, 5.74) is 1.92. The quantitative estimate of drug-likeness (QED) is 0.445. The Bertz CT molecular complexity index is 1140. The van der Waals surface area contributed by atoms with Crippen LogP contribution in [0.2, 0.25) is 0 Å². The van der Waals surface area contributed by atoms with Crippen molar-refractivity contribution < 1.29 is 0 Å². The van der Waals surface area contributed by atoms with E-state index in [-0.39, 0.29) is 0 Å². The molecule has 0 amide bonds. The smallest absolute Gasteiger partial charge is 0.130 e. The number of nitrogens with zero attached hydrogens (tertiary/aromatic N) is 4. The molecule has 1 aromatic heterocycles. The van der Waals surface area contributed by atoms with Gasteiger partial charge in [-0.05, 0) is 45.0 Å². The molecule has 4 aromatic carbocycles. The maximum Gasteiger partial charge on any atom is 0.206 e. The second kappa shape index (κ2) is 5.53. The van der Waals surface area contributed by atoms with E-state index in [1.54, 1.807) is 4.80 Å². The number of para-hydroxylation sites is 1. The molecule has 4 nitrogen and oxygen atoms in total. The normalized spacial score (nSPS) is 11.2. The van der Waals surface area contributed by atoms with Gasteiger partial charge in [0.25, 0.3) is 0 Å². The zero-order valence-corrected chi connectivity index (χ0v) is 13.4. The Hall–Kier alpha value is -3.53. The van der Waals surface area contributed by atoms with Gasteiger partial charge in [0.1, 0.15) is 0 Å². The molecule has 0 aliphatic rings. The van der Waals surface area contributed by atoms with Crippen molar-refractivity contribution in [2.45, 2.75) is 0 Å². The molecule has 0 atom stereocenters. The summed E-state index contributed by atoms with van der Waals surface area (Å²) in [6, 6.07) is 28.7. The molecular formula is C21H14N4. The van der Waals surface area contributed by atoms with Gasteiger partial charge in [-0.1, -0.05) is 66.7 Å². The minimum absolute atomic E-state index is 0.636. The van der Waals surface area contributed by atoms with Gasteiger partial charge in [0, 0.05) is 5.56 Å². The largest absolute Gasteiger partial charge is 0.206 e. The standard InChI is InChI=1S/C21H14N4/c1-2-10-17(11-3-1)25-23-21(22-24-25)20-18-12-6-4-8-15(18)14-16-9-5-7-13-19(16)20/h1-14H. The highest BCUT2D eigenvalue weighted by Crippen LogP contribution is 2.34. The van der Waals surface area contributed by atoms with Crippen LogP contribution in [-0.2, 0) is 0 Å². The maximum atomic E-state index is 4.65. The molecule has 0 fully saturated rings. The van der Waals surface area contributed by atoms with Crippen LogP contribution in [0.1, 0.15) is 0 Å². The van der Waals surface area contributed by atoms with Crippen molar-refractivity contribution >= 4 is 21.5 Å². The van der Waals surface area contributed by atoms with Crippen LogP contribution in [0, 0.1) is 0 Å². The third kappa shape index (κ3) is 2.27. The lowest BCUT2D eigenvalue weighted by molar-refractivity contribution is 0.720. The van der Waals surface area contributed by atoms with E-state index in [1.165, 1.54) is 10.8 Å². The first-order valence-corrected chi connectivity index (χ1v) is 8.16. The van der Waals surface area contributed by atoms with Gasteiger partial charge in [-0.25, -0.2) is 0 Å². The molecular weight excluding hydrogens is 308 g/mol. The minimum Gasteiger partial charge on any atom is -0.130 e. The van der Waals surface area contributed by atoms with Crippen molar-refractivity contribution in [2.75, 3.05) is 0 Å². The molecule has 1 heterocycles. The van der Waals surface area contributed by atoms with Gasteiger partial charge in [0.2, 0.25) is 5.82 Å². The van der Waals surface area contributed by atoms with Crippen molar-refractivity contribution in [2.24, 2.45) is 0 Å². The first-order valence-electron chi connectivity index (χ1n) is 8.16. The van der Waals surface area contributed by atoms with Crippen LogP contribution in [0.4, 0.5) is 0 Å². The summed E-state index contributed by atoms with van der Waals surface area (Å²) < 4.78 is 0. The molecule has 0 unspecified atom stereocenters. The Labute approximate surface area is 144 Å². The predicted octanol–water partition coefficient (Wildman–Crippen LogP) is 4.64. The summed E-state index contributed by atoms with van der Waals surface area (Å²) in [7, 11) is 0. The summed E-state index contributed by atoms with van der Waals surface area (Å²) >= 11 is 0. The Morgan fingerprint density at radius 1 is 0.640 bits per heavy atom. The van der Waals surface area contributed by atoms with E-state index >= 15 is 0 Å². The number of hydrogen-bond donors (Lipinski definition) is 0. The lowest BCUT2D eigenvalue weighted by Crippen LogP contribution is -1.98. The number of fused-ring (bicyclic) bond motifs is 2. The molecule has 0 radical (unpaired) electrons. The molecule has 0 bridgehead atoms. The van der Waals surface area contributed by atoms with E-state index in [0.29, 0.717) is 5.82 Å². The van der Waals surface area contributed by atoms with Crippen molar-refractivity contribution in [3.05, 3.63) is 84.9 Å². The molecule has 0 aliphatic carbocycles. The van der Waals surface area contributed by atoms with Crippen molar-refractivity contribution in [1.82, 2.24) is 20.2 Å². The first-order chi connectivity index (χ1) is 12.4. The zero-order chi connectivity index (χ0) is 16.6. The highest BCUT2D eigenvalue weighted by Gasteiger charge is 2.14. The highest BCUT2D eigenvalue weighted by molar-refractivity contribution is 6.11. The molecule has 0 spiro atoms. The van der Waals surface area contributed by atoms with Crippen LogP contribution in [0.15, 0.2) is 84.9 Å². The van der Waals surface area contributed by atoms with E-state index in [9.17, 15) is 0 Å². The summed E-state index contributed by atoms with van der Waals surface area (Å²) in [5.74, 6) is 0.636. The molecule has 5 rings (SSSR count). The van der Waals surface area contributed by atoms with E-state index in [0.717, 1.165) is 22.0 Å². The van der Waals surface area contributed by atoms with Crippen LogP contribution < -0.4 is 0 Å². The molecule has 118 valence electrons. The average Bonchev–Trinajstić information content (AvgIpc) is 3.16. The van der Waals surface area contributed by atoms with Crippen molar-refractivity contribution in [1.29, 1.82) is 0 Å². The van der Waals surface area contributed by atoms with Gasteiger partial charge in [-0.3, -0.25) is 0 Å². The van der Waals surface area contributed by atoms with Crippen molar-refractivity contribution in [3.63, 3.8) is 0 Å². The SMILES string of the molecule is c1ccc(-n2nnc(-c3c4ccccc4cc4ccccc34)n2)cc1. The van der Waals surface area contributed by atoms with Gasteiger partial charge >= 0.3 is 0 Å². The second-order valence-corrected chi connectivity index (χ2v) is 5.93. The Morgan fingerprint density at radius 3 is 1.92 bits per heavy atom. The van der Waals surface area contributed by atoms with Gasteiger partial charge in [0.05, 0.1) is 5.69 Å². The fourth-order valence-corrected chi connectivity index (χ4v) is 3.24. The Balaban J connectivity index is 1.81. The summed E-state index contributed by atoms with van der Waals surface area (Å²) in [6.45, 7) is 0. The molecule has 0 saturated heterocycles. The molecule has 25 heavy (non-hydrogen) atoms. The first kappa shape index (κ1) is 13.9. The van der Waals surface area contributed by atoms with Gasteiger partial charge in [-0.2, -0.15) is 0 Å². The van der Waals surface area contributed by atoms with Crippen LogP contribution in [0.25, 0.3) is 38.6 Å². The van der Waals surface area contributed by atoms with Crippen molar-refractivity contribution in [3.8, 4) is 17.1 Å². The fourth-order valence-electron chi connectivity index (χ4n) is 3.24. The molecule has 0 saturated carbocycles. The molecule has 4 heteroatoms. The molecule has 0 aliphatic heterocycles. The topological polar surface area (TPSA) is 43.6 Å². The summed E-state index contributed by atoms with van der Waals surface area (Å²) in [6.07, 6.45) is 0. The molecule has 5 aromatic rings. The van der Waals surface area contributed by atoms with Crippen LogP contribution in [-0.4, -0.2) is 20.2 Å². The third-order valence-electron chi connectivity index (χ3n) is 4.40. The average molecular weight is 322 g/mol. The number of aromatic nitrogens is 4. The van der Waals surface area contributed by atoms with Gasteiger partial charge in [-0.15, -0.1) is 15.0 Å². The minimum atomic E-state index is 0.636. The maximum absolute atomic E-state index is 4.65. The number of rotatable bonds is 2. The second-order valence-electron chi connectivity index (χ2n) is 5.93. The summed E-state index contributed by atoms with van der Waals surface area (Å²) in [5, 5.41) is 17.9. The van der Waals surface area contributed by atoms with Crippen LogP contribution in [0.3, 0.4) is 0 Å². The highest BCUT2D eigenvalue weighted by atomic mass is 15.6. The van der Waals surface area contributed by atoms with E-state index in [1.807, 2.05) is 42.5 Å². The number of tetrazole rings is 1. The van der Waals surface area contributed by atoms with E-state index < -0.39 is 0 Å². The lowest BCUT2D eigenvalue weighted by Gasteiger charge is -2.08.